The third-order valence-corrected chi connectivity index (χ3v) is 7.09. The Morgan fingerprint density at radius 1 is 1.00 bits per heavy atom. The number of amides is 3. The lowest BCUT2D eigenvalue weighted by atomic mass is 9.75. The SMILES string of the molecule is CC[C@@H](C)[C@@H]1N[C@]2(C(=O)Nc3ccccc32)[C@@H]2C(=O)N(Cc3ccccc3)C(=O)[C@H]12. The quantitative estimate of drug-likeness (QED) is 0.770. The summed E-state index contributed by atoms with van der Waals surface area (Å²) in [5.74, 6) is -1.83. The maximum absolute atomic E-state index is 13.7. The highest BCUT2D eigenvalue weighted by atomic mass is 16.2. The second-order valence-corrected chi connectivity index (χ2v) is 8.62. The van der Waals surface area contributed by atoms with Crippen LogP contribution in [0.4, 0.5) is 5.69 Å². The van der Waals surface area contributed by atoms with Crippen LogP contribution >= 0.6 is 0 Å². The van der Waals surface area contributed by atoms with Crippen LogP contribution in [0, 0.1) is 17.8 Å². The molecule has 6 nitrogen and oxygen atoms in total. The van der Waals surface area contributed by atoms with Gasteiger partial charge >= 0.3 is 0 Å². The van der Waals surface area contributed by atoms with Crippen LogP contribution in [-0.2, 0) is 26.5 Å². The van der Waals surface area contributed by atoms with Gasteiger partial charge in [0, 0.05) is 17.3 Å². The number of hydrogen-bond acceptors (Lipinski definition) is 4. The highest BCUT2D eigenvalue weighted by Crippen LogP contribution is 2.54. The fraction of sp³-hybridized carbons (Fsp3) is 0.375. The summed E-state index contributed by atoms with van der Waals surface area (Å²) in [4.78, 5) is 41.9. The third-order valence-electron chi connectivity index (χ3n) is 7.09. The first-order chi connectivity index (χ1) is 14.5. The van der Waals surface area contributed by atoms with Crippen molar-refractivity contribution in [3.05, 3.63) is 65.7 Å². The van der Waals surface area contributed by atoms with Gasteiger partial charge in [0.15, 0.2) is 0 Å². The van der Waals surface area contributed by atoms with Crippen LogP contribution in [0.2, 0.25) is 0 Å². The van der Waals surface area contributed by atoms with E-state index < -0.39 is 17.4 Å². The Morgan fingerprint density at radius 2 is 1.70 bits per heavy atom. The molecule has 2 fully saturated rings. The van der Waals surface area contributed by atoms with E-state index in [9.17, 15) is 14.4 Å². The maximum Gasteiger partial charge on any atom is 0.250 e. The Bertz CT molecular complexity index is 1040. The minimum Gasteiger partial charge on any atom is -0.324 e. The van der Waals surface area contributed by atoms with Crippen molar-refractivity contribution in [3.8, 4) is 0 Å². The summed E-state index contributed by atoms with van der Waals surface area (Å²) in [6.45, 7) is 4.38. The van der Waals surface area contributed by atoms with Gasteiger partial charge in [-0.25, -0.2) is 0 Å². The average Bonchev–Trinajstić information content (AvgIpc) is 3.35. The maximum atomic E-state index is 13.7. The minimum atomic E-state index is -1.20. The normalized spacial score (nSPS) is 30.5. The predicted molar refractivity (Wildman–Crippen MR) is 112 cm³/mol. The molecule has 0 aromatic heterocycles. The predicted octanol–water partition coefficient (Wildman–Crippen LogP) is 2.65. The number of benzene rings is 2. The lowest BCUT2D eigenvalue weighted by Crippen LogP contribution is -2.54. The number of hydrogen-bond donors (Lipinski definition) is 2. The van der Waals surface area contributed by atoms with Crippen LogP contribution in [0.3, 0.4) is 0 Å². The van der Waals surface area contributed by atoms with E-state index in [-0.39, 0.29) is 36.2 Å². The van der Waals surface area contributed by atoms with Gasteiger partial charge in [-0.2, -0.15) is 0 Å². The molecule has 0 radical (unpaired) electrons. The summed E-state index contributed by atoms with van der Waals surface area (Å²) in [6, 6.07) is 16.7. The Balaban J connectivity index is 1.62. The van der Waals surface area contributed by atoms with Crippen molar-refractivity contribution in [2.24, 2.45) is 17.8 Å². The summed E-state index contributed by atoms with van der Waals surface area (Å²) in [5, 5.41) is 6.43. The molecule has 2 aromatic rings. The molecular weight excluding hydrogens is 378 g/mol. The first kappa shape index (κ1) is 19.0. The summed E-state index contributed by atoms with van der Waals surface area (Å²) in [6.07, 6.45) is 0.848. The highest BCUT2D eigenvalue weighted by Gasteiger charge is 2.70. The second kappa shape index (κ2) is 6.77. The van der Waals surface area contributed by atoms with Crippen molar-refractivity contribution in [1.29, 1.82) is 0 Å². The molecule has 3 aliphatic rings. The minimum absolute atomic E-state index is 0.144. The molecule has 1 spiro atoms. The number of nitrogens with one attached hydrogen (secondary N) is 2. The number of likely N-dealkylation sites (tertiary alicyclic amines) is 1. The molecule has 3 aliphatic heterocycles. The topological polar surface area (TPSA) is 78.5 Å². The summed E-state index contributed by atoms with van der Waals surface area (Å²) >= 11 is 0. The van der Waals surface area contributed by atoms with E-state index in [2.05, 4.69) is 24.5 Å². The molecule has 3 amide bonds. The summed E-state index contributed by atoms with van der Waals surface area (Å²) in [5.41, 5.74) is 1.17. The Morgan fingerprint density at radius 3 is 2.43 bits per heavy atom. The smallest absolute Gasteiger partial charge is 0.250 e. The van der Waals surface area contributed by atoms with Gasteiger partial charge in [-0.3, -0.25) is 24.6 Å². The summed E-state index contributed by atoms with van der Waals surface area (Å²) < 4.78 is 0. The molecule has 5 rings (SSSR count). The van der Waals surface area contributed by atoms with E-state index in [1.54, 1.807) is 0 Å². The van der Waals surface area contributed by atoms with E-state index in [1.807, 2.05) is 54.6 Å². The lowest BCUT2D eigenvalue weighted by molar-refractivity contribution is -0.143. The molecule has 154 valence electrons. The molecule has 2 aromatic carbocycles. The standard InChI is InChI=1S/C24H25N3O3/c1-3-14(2)20-18-19(22(29)27(21(18)28)13-15-9-5-4-6-10-15)24(26-20)16-11-7-8-12-17(16)25-23(24)30/h4-12,14,18-20,26H,3,13H2,1-2H3,(H,25,30)/t14-,18+,19+,20+,24+/m1/s1. The van der Waals surface area contributed by atoms with Crippen LogP contribution < -0.4 is 10.6 Å². The number of para-hydroxylation sites is 1. The third kappa shape index (κ3) is 2.43. The van der Waals surface area contributed by atoms with Crippen LogP contribution in [0.5, 0.6) is 0 Å². The molecule has 2 saturated heterocycles. The van der Waals surface area contributed by atoms with Crippen molar-refractivity contribution < 1.29 is 14.4 Å². The zero-order valence-corrected chi connectivity index (χ0v) is 17.1. The number of imide groups is 1. The largest absolute Gasteiger partial charge is 0.324 e. The van der Waals surface area contributed by atoms with Crippen molar-refractivity contribution in [3.63, 3.8) is 0 Å². The molecule has 0 saturated carbocycles. The molecule has 30 heavy (non-hydrogen) atoms. The average molecular weight is 403 g/mol. The van der Waals surface area contributed by atoms with Gasteiger partial charge in [-0.15, -0.1) is 0 Å². The van der Waals surface area contributed by atoms with Gasteiger partial charge in [0.05, 0.1) is 18.4 Å². The molecule has 0 unspecified atom stereocenters. The molecule has 0 aliphatic carbocycles. The van der Waals surface area contributed by atoms with E-state index in [4.69, 9.17) is 0 Å². The van der Waals surface area contributed by atoms with Gasteiger partial charge in [0.2, 0.25) is 17.7 Å². The van der Waals surface area contributed by atoms with Gasteiger partial charge < -0.3 is 5.32 Å². The monoisotopic (exact) mass is 403 g/mol. The van der Waals surface area contributed by atoms with Crippen LogP contribution in [0.25, 0.3) is 0 Å². The highest BCUT2D eigenvalue weighted by molar-refractivity contribution is 6.15. The van der Waals surface area contributed by atoms with Crippen molar-refractivity contribution in [2.45, 2.75) is 38.4 Å². The molecule has 5 atom stereocenters. The molecular formula is C24H25N3O3. The zero-order valence-electron chi connectivity index (χ0n) is 17.1. The van der Waals surface area contributed by atoms with Crippen LogP contribution in [0.15, 0.2) is 54.6 Å². The first-order valence-electron chi connectivity index (χ1n) is 10.6. The van der Waals surface area contributed by atoms with Crippen molar-refractivity contribution >= 4 is 23.4 Å². The van der Waals surface area contributed by atoms with E-state index >= 15 is 0 Å². The Hall–Kier alpha value is -2.99. The zero-order chi connectivity index (χ0) is 21.0. The molecule has 0 bridgehead atoms. The van der Waals surface area contributed by atoms with E-state index in [1.165, 1.54) is 4.90 Å². The van der Waals surface area contributed by atoms with Gasteiger partial charge in [-0.05, 0) is 17.5 Å². The van der Waals surface area contributed by atoms with Gasteiger partial charge in [0.25, 0.3) is 0 Å². The molecule has 6 heteroatoms. The number of anilines is 1. The number of carbonyl (C=O) groups is 3. The fourth-order valence-corrected chi connectivity index (χ4v) is 5.41. The second-order valence-electron chi connectivity index (χ2n) is 8.62. The number of fused-ring (bicyclic) bond motifs is 4. The van der Waals surface area contributed by atoms with Crippen LogP contribution in [-0.4, -0.2) is 28.7 Å². The number of rotatable bonds is 4. The number of nitrogens with zero attached hydrogens (tertiary/aromatic N) is 1. The Labute approximate surface area is 175 Å². The van der Waals surface area contributed by atoms with Crippen molar-refractivity contribution in [1.82, 2.24) is 10.2 Å². The molecule has 2 N–H and O–H groups in total. The first-order valence-corrected chi connectivity index (χ1v) is 10.6. The van der Waals surface area contributed by atoms with Gasteiger partial charge in [-0.1, -0.05) is 68.8 Å². The lowest BCUT2D eigenvalue weighted by Gasteiger charge is -2.30. The number of carbonyl (C=O) groups excluding carboxylic acids is 3. The van der Waals surface area contributed by atoms with Gasteiger partial charge in [0.1, 0.15) is 5.54 Å². The fourth-order valence-electron chi connectivity index (χ4n) is 5.41. The Kier molecular flexibility index (Phi) is 4.29. The molecule has 3 heterocycles. The van der Waals surface area contributed by atoms with Crippen LogP contribution in [0.1, 0.15) is 31.4 Å². The van der Waals surface area contributed by atoms with E-state index in [0.717, 1.165) is 17.5 Å². The van der Waals surface area contributed by atoms with E-state index in [0.29, 0.717) is 5.69 Å². The van der Waals surface area contributed by atoms with Crippen molar-refractivity contribution in [2.75, 3.05) is 5.32 Å². The summed E-state index contributed by atoms with van der Waals surface area (Å²) in [7, 11) is 0.